The fraction of sp³-hybridized carbons (Fsp3) is 0.250. The van der Waals surface area contributed by atoms with Gasteiger partial charge in [-0.2, -0.15) is 0 Å². The van der Waals surface area contributed by atoms with Crippen molar-refractivity contribution in [1.29, 1.82) is 0 Å². The number of hydrogen-bond donors (Lipinski definition) is 3. The predicted molar refractivity (Wildman–Crippen MR) is 131 cm³/mol. The van der Waals surface area contributed by atoms with Crippen LogP contribution in [0.2, 0.25) is 0 Å². The first-order valence-corrected chi connectivity index (χ1v) is 12.6. The van der Waals surface area contributed by atoms with Crippen LogP contribution in [0, 0.1) is 5.92 Å². The molecule has 180 valence electrons. The quantitative estimate of drug-likeness (QED) is 0.434. The van der Waals surface area contributed by atoms with Crippen molar-refractivity contribution in [3.63, 3.8) is 0 Å². The molecule has 0 radical (unpaired) electrons. The molecule has 11 heteroatoms. The molecule has 2 aliphatic rings. The number of hydrogen-bond acceptors (Lipinski definition) is 8. The topological polar surface area (TPSA) is 127 Å². The third-order valence-corrected chi connectivity index (χ3v) is 8.51. The third kappa shape index (κ3) is 4.21. The Morgan fingerprint density at radius 3 is 2.66 bits per heavy atom. The Kier molecular flexibility index (Phi) is 6.12. The number of phenolic OH excluding ortho intramolecular Hbond substituents is 1. The van der Waals surface area contributed by atoms with Crippen molar-refractivity contribution in [2.45, 2.75) is 29.7 Å². The smallest absolute Gasteiger partial charge is 0.308 e. The minimum Gasteiger partial charge on any atom is -0.504 e. The lowest BCUT2D eigenvalue weighted by Gasteiger charge is -2.31. The summed E-state index contributed by atoms with van der Waals surface area (Å²) in [6.07, 6.45) is 0. The SMILES string of the molecule is CCOc1cc(C2c3sc(=O)n(CC(=O)Nc4ccccc4)c3SC3C(=O)NC(=O)C32)ccc1O. The van der Waals surface area contributed by atoms with Crippen molar-refractivity contribution in [2.75, 3.05) is 11.9 Å². The lowest BCUT2D eigenvalue weighted by Crippen LogP contribution is -2.32. The summed E-state index contributed by atoms with van der Waals surface area (Å²) >= 11 is 2.09. The fourth-order valence-corrected chi connectivity index (χ4v) is 7.14. The molecule has 1 saturated heterocycles. The zero-order valence-corrected chi connectivity index (χ0v) is 20.2. The standard InChI is InChI=1S/C24H21N3O6S2/c1-2-33-15-10-12(8-9-14(15)28)17-18-19(22(31)26-21(18)30)34-23-20(17)35-24(32)27(23)11-16(29)25-13-6-4-3-5-7-13/h3-10,17-19,28H,2,11H2,1H3,(H,25,29)(H,26,30,31). The molecule has 3 atom stereocenters. The zero-order valence-electron chi connectivity index (χ0n) is 18.5. The minimum atomic E-state index is -0.748. The molecule has 0 spiro atoms. The van der Waals surface area contributed by atoms with E-state index in [9.17, 15) is 24.3 Å². The highest BCUT2D eigenvalue weighted by Crippen LogP contribution is 2.52. The molecule has 0 bridgehead atoms. The third-order valence-electron chi connectivity index (χ3n) is 5.89. The summed E-state index contributed by atoms with van der Waals surface area (Å²) in [6, 6.07) is 13.7. The Morgan fingerprint density at radius 1 is 1.14 bits per heavy atom. The van der Waals surface area contributed by atoms with Crippen LogP contribution < -0.4 is 20.2 Å². The average Bonchev–Trinajstić information content (AvgIpc) is 3.29. The van der Waals surface area contributed by atoms with E-state index in [1.807, 2.05) is 6.07 Å². The molecule has 0 saturated carbocycles. The summed E-state index contributed by atoms with van der Waals surface area (Å²) in [5.41, 5.74) is 1.24. The van der Waals surface area contributed by atoms with Crippen molar-refractivity contribution >= 4 is 46.5 Å². The lowest BCUT2D eigenvalue weighted by atomic mass is 9.83. The summed E-state index contributed by atoms with van der Waals surface area (Å²) in [7, 11) is 0. The highest BCUT2D eigenvalue weighted by atomic mass is 32.2. The van der Waals surface area contributed by atoms with E-state index in [1.54, 1.807) is 43.3 Å². The van der Waals surface area contributed by atoms with E-state index < -0.39 is 28.9 Å². The molecule has 1 aromatic heterocycles. The van der Waals surface area contributed by atoms with Crippen LogP contribution in [0.25, 0.3) is 0 Å². The number of ether oxygens (including phenoxy) is 1. The van der Waals surface area contributed by atoms with Gasteiger partial charge in [-0.1, -0.05) is 47.4 Å². The molecule has 3 aromatic rings. The Bertz CT molecular complexity index is 1380. The lowest BCUT2D eigenvalue weighted by molar-refractivity contribution is -0.126. The van der Waals surface area contributed by atoms with E-state index in [4.69, 9.17) is 4.74 Å². The number of fused-ring (bicyclic) bond motifs is 2. The van der Waals surface area contributed by atoms with Crippen LogP contribution in [0.15, 0.2) is 58.4 Å². The Morgan fingerprint density at radius 2 is 1.91 bits per heavy atom. The molecule has 2 aliphatic heterocycles. The predicted octanol–water partition coefficient (Wildman–Crippen LogP) is 2.53. The van der Waals surface area contributed by atoms with Gasteiger partial charge in [-0.25, -0.2) is 0 Å². The second kappa shape index (κ2) is 9.23. The second-order valence-electron chi connectivity index (χ2n) is 8.09. The van der Waals surface area contributed by atoms with Gasteiger partial charge < -0.3 is 15.2 Å². The summed E-state index contributed by atoms with van der Waals surface area (Å²) in [6.45, 7) is 1.88. The Hall–Kier alpha value is -3.57. The summed E-state index contributed by atoms with van der Waals surface area (Å²) in [4.78, 5) is 51.4. The molecule has 3 heterocycles. The van der Waals surface area contributed by atoms with Gasteiger partial charge in [0.15, 0.2) is 11.5 Å². The highest BCUT2D eigenvalue weighted by molar-refractivity contribution is 8.00. The van der Waals surface area contributed by atoms with E-state index in [-0.39, 0.29) is 28.8 Å². The van der Waals surface area contributed by atoms with Crippen LogP contribution in [0.1, 0.15) is 23.3 Å². The van der Waals surface area contributed by atoms with Crippen LogP contribution in [-0.2, 0) is 20.9 Å². The van der Waals surface area contributed by atoms with Gasteiger partial charge >= 0.3 is 4.87 Å². The van der Waals surface area contributed by atoms with Crippen molar-refractivity contribution < 1.29 is 24.2 Å². The number of nitrogens with zero attached hydrogens (tertiary/aromatic N) is 1. The second-order valence-corrected chi connectivity index (χ2v) is 10.2. The molecule has 9 nitrogen and oxygen atoms in total. The van der Waals surface area contributed by atoms with Crippen molar-refractivity contribution in [3.8, 4) is 11.5 Å². The maximum atomic E-state index is 13.0. The van der Waals surface area contributed by atoms with E-state index in [0.29, 0.717) is 27.8 Å². The summed E-state index contributed by atoms with van der Waals surface area (Å²) in [5, 5.41) is 15.1. The van der Waals surface area contributed by atoms with Gasteiger partial charge in [-0.15, -0.1) is 0 Å². The summed E-state index contributed by atoms with van der Waals surface area (Å²) < 4.78 is 6.87. The number of imide groups is 1. The van der Waals surface area contributed by atoms with Crippen LogP contribution in [0.3, 0.4) is 0 Å². The van der Waals surface area contributed by atoms with Crippen molar-refractivity contribution in [1.82, 2.24) is 9.88 Å². The first-order chi connectivity index (χ1) is 16.9. The fourth-order valence-electron chi connectivity index (χ4n) is 4.40. The van der Waals surface area contributed by atoms with Crippen LogP contribution in [0.4, 0.5) is 5.69 Å². The number of thiazole rings is 1. The molecule has 35 heavy (non-hydrogen) atoms. The number of anilines is 1. The van der Waals surface area contributed by atoms with E-state index in [0.717, 1.165) is 23.1 Å². The van der Waals surface area contributed by atoms with Gasteiger partial charge in [0, 0.05) is 16.5 Å². The molecule has 1 fully saturated rings. The number of rotatable bonds is 6. The Labute approximate surface area is 208 Å². The van der Waals surface area contributed by atoms with Gasteiger partial charge in [0.2, 0.25) is 17.7 Å². The number of carbonyl (C=O) groups excluding carboxylic acids is 3. The summed E-state index contributed by atoms with van der Waals surface area (Å²) in [5.74, 6) is -2.37. The van der Waals surface area contributed by atoms with Gasteiger partial charge in [0.1, 0.15) is 11.8 Å². The van der Waals surface area contributed by atoms with Crippen molar-refractivity contribution in [2.24, 2.45) is 5.92 Å². The van der Waals surface area contributed by atoms with Crippen LogP contribution in [-0.4, -0.2) is 39.3 Å². The van der Waals surface area contributed by atoms with E-state index in [1.165, 1.54) is 10.6 Å². The van der Waals surface area contributed by atoms with Crippen molar-refractivity contribution in [3.05, 3.63) is 68.6 Å². The molecule has 2 aromatic carbocycles. The number of amides is 3. The number of para-hydroxylation sites is 1. The number of phenols is 1. The first kappa shape index (κ1) is 23.2. The molecular formula is C24H21N3O6S2. The maximum Gasteiger partial charge on any atom is 0.308 e. The number of aromatic nitrogens is 1. The molecule has 3 unspecified atom stereocenters. The molecule has 0 aliphatic carbocycles. The Balaban J connectivity index is 1.56. The number of nitrogens with one attached hydrogen (secondary N) is 2. The monoisotopic (exact) mass is 511 g/mol. The van der Waals surface area contributed by atoms with Gasteiger partial charge in [-0.3, -0.25) is 29.1 Å². The first-order valence-electron chi connectivity index (χ1n) is 10.9. The number of benzene rings is 2. The minimum absolute atomic E-state index is 0.0483. The molecule has 3 N–H and O–H groups in total. The molecule has 5 rings (SSSR count). The normalized spacial score (nSPS) is 20.7. The van der Waals surface area contributed by atoms with Crippen LogP contribution >= 0.6 is 23.1 Å². The number of thioether (sulfide) groups is 1. The van der Waals surface area contributed by atoms with E-state index in [2.05, 4.69) is 10.6 Å². The highest BCUT2D eigenvalue weighted by Gasteiger charge is 2.53. The molecular weight excluding hydrogens is 490 g/mol. The van der Waals surface area contributed by atoms with E-state index >= 15 is 0 Å². The average molecular weight is 512 g/mol. The molecule has 3 amide bonds. The van der Waals surface area contributed by atoms with Crippen LogP contribution in [0.5, 0.6) is 11.5 Å². The number of carbonyl (C=O) groups is 3. The van der Waals surface area contributed by atoms with Gasteiger partial charge in [0.05, 0.1) is 17.6 Å². The van der Waals surface area contributed by atoms with Gasteiger partial charge in [0.25, 0.3) is 0 Å². The number of aromatic hydroxyl groups is 1. The maximum absolute atomic E-state index is 13.0. The zero-order chi connectivity index (χ0) is 24.7. The largest absolute Gasteiger partial charge is 0.504 e. The van der Waals surface area contributed by atoms with Gasteiger partial charge in [-0.05, 0) is 36.8 Å².